The molecule has 1 saturated carbocycles. The zero-order valence-corrected chi connectivity index (χ0v) is 17.1. The van der Waals surface area contributed by atoms with E-state index in [-0.39, 0.29) is 17.5 Å². The molecule has 0 radical (unpaired) electrons. The maximum absolute atomic E-state index is 12.7. The van der Waals surface area contributed by atoms with E-state index >= 15 is 0 Å². The number of ether oxygens (including phenoxy) is 1. The van der Waals surface area contributed by atoms with E-state index in [0.717, 1.165) is 44.1 Å². The van der Waals surface area contributed by atoms with Crippen LogP contribution >= 0.6 is 0 Å². The summed E-state index contributed by atoms with van der Waals surface area (Å²) >= 11 is 0. The standard InChI is InChI=1S/C22H35N3O2/c1-17-7-8-20(18(2)15-17)24-21(26)19(3)23-16-22(9-5-4-6-10-22)25-11-13-27-14-12-25/h7-8,15,19,23H,4-6,9-14,16H2,1-3H3,(H,24,26)/t19-/m1/s1. The molecular formula is C22H35N3O2. The van der Waals surface area contributed by atoms with Gasteiger partial charge in [0, 0.05) is 30.9 Å². The van der Waals surface area contributed by atoms with Crippen molar-refractivity contribution in [1.82, 2.24) is 10.2 Å². The first-order valence-corrected chi connectivity index (χ1v) is 10.4. The Hall–Kier alpha value is -1.43. The number of nitrogens with one attached hydrogen (secondary N) is 2. The van der Waals surface area contributed by atoms with Crippen LogP contribution in [-0.4, -0.2) is 55.2 Å². The molecular weight excluding hydrogens is 338 g/mol. The molecule has 5 heteroatoms. The largest absolute Gasteiger partial charge is 0.379 e. The number of amides is 1. The Morgan fingerprint density at radius 1 is 1.19 bits per heavy atom. The summed E-state index contributed by atoms with van der Waals surface area (Å²) in [5, 5.41) is 6.63. The minimum absolute atomic E-state index is 0.0369. The third-order valence-electron chi connectivity index (χ3n) is 6.24. The minimum atomic E-state index is -0.217. The van der Waals surface area contributed by atoms with Gasteiger partial charge in [-0.25, -0.2) is 0 Å². The van der Waals surface area contributed by atoms with Crippen LogP contribution in [0.25, 0.3) is 0 Å². The number of aryl methyl sites for hydroxylation is 2. The van der Waals surface area contributed by atoms with Crippen molar-refractivity contribution in [2.24, 2.45) is 0 Å². The highest BCUT2D eigenvalue weighted by Crippen LogP contribution is 2.34. The molecule has 0 unspecified atom stereocenters. The summed E-state index contributed by atoms with van der Waals surface area (Å²) in [4.78, 5) is 15.3. The van der Waals surface area contributed by atoms with Gasteiger partial charge in [-0.15, -0.1) is 0 Å². The van der Waals surface area contributed by atoms with Crippen LogP contribution < -0.4 is 10.6 Å². The van der Waals surface area contributed by atoms with Crippen molar-refractivity contribution in [3.63, 3.8) is 0 Å². The normalized spacial score (nSPS) is 21.6. The summed E-state index contributed by atoms with van der Waals surface area (Å²) in [6.07, 6.45) is 6.32. The maximum Gasteiger partial charge on any atom is 0.241 e. The number of morpholine rings is 1. The molecule has 1 aliphatic heterocycles. The topological polar surface area (TPSA) is 53.6 Å². The fourth-order valence-corrected chi connectivity index (χ4v) is 4.48. The van der Waals surface area contributed by atoms with Gasteiger partial charge in [0.2, 0.25) is 5.91 Å². The molecule has 1 aromatic rings. The molecule has 3 rings (SSSR count). The number of carbonyl (C=O) groups excluding carboxylic acids is 1. The molecule has 0 bridgehead atoms. The lowest BCUT2D eigenvalue weighted by molar-refractivity contribution is -0.118. The molecule has 0 aromatic heterocycles. The van der Waals surface area contributed by atoms with Gasteiger partial charge in [0.05, 0.1) is 19.3 Å². The molecule has 1 aromatic carbocycles. The lowest BCUT2D eigenvalue weighted by Crippen LogP contribution is -2.60. The summed E-state index contributed by atoms with van der Waals surface area (Å²) in [7, 11) is 0. The minimum Gasteiger partial charge on any atom is -0.379 e. The van der Waals surface area contributed by atoms with Gasteiger partial charge in [-0.1, -0.05) is 37.0 Å². The summed E-state index contributed by atoms with van der Waals surface area (Å²) in [6, 6.07) is 5.91. The maximum atomic E-state index is 12.7. The lowest BCUT2D eigenvalue weighted by atomic mass is 9.79. The lowest BCUT2D eigenvalue weighted by Gasteiger charge is -2.48. The van der Waals surface area contributed by atoms with Gasteiger partial charge in [0.1, 0.15) is 0 Å². The van der Waals surface area contributed by atoms with E-state index in [4.69, 9.17) is 4.74 Å². The van der Waals surface area contributed by atoms with Crippen molar-refractivity contribution in [2.75, 3.05) is 38.2 Å². The molecule has 1 saturated heterocycles. The Morgan fingerprint density at radius 2 is 1.89 bits per heavy atom. The smallest absolute Gasteiger partial charge is 0.241 e. The fraction of sp³-hybridized carbons (Fsp3) is 0.682. The van der Waals surface area contributed by atoms with E-state index in [0.29, 0.717) is 0 Å². The number of anilines is 1. The van der Waals surface area contributed by atoms with Crippen LogP contribution in [0, 0.1) is 13.8 Å². The van der Waals surface area contributed by atoms with E-state index in [9.17, 15) is 4.79 Å². The first kappa shape index (κ1) is 20.3. The van der Waals surface area contributed by atoms with Gasteiger partial charge >= 0.3 is 0 Å². The van der Waals surface area contributed by atoms with Gasteiger partial charge in [-0.05, 0) is 45.2 Å². The molecule has 5 nitrogen and oxygen atoms in total. The highest BCUT2D eigenvalue weighted by Gasteiger charge is 2.38. The quantitative estimate of drug-likeness (QED) is 0.804. The molecule has 2 fully saturated rings. The second-order valence-electron chi connectivity index (χ2n) is 8.29. The molecule has 2 aliphatic rings. The molecule has 1 heterocycles. The number of nitrogens with zero attached hydrogens (tertiary/aromatic N) is 1. The molecule has 27 heavy (non-hydrogen) atoms. The Kier molecular flexibility index (Phi) is 6.90. The van der Waals surface area contributed by atoms with Gasteiger partial charge in [0.15, 0.2) is 0 Å². The first-order valence-electron chi connectivity index (χ1n) is 10.4. The monoisotopic (exact) mass is 373 g/mol. The Bertz CT molecular complexity index is 634. The van der Waals surface area contributed by atoms with E-state index < -0.39 is 0 Å². The van der Waals surface area contributed by atoms with Crippen LogP contribution in [0.5, 0.6) is 0 Å². The summed E-state index contributed by atoms with van der Waals surface area (Å²) in [5.41, 5.74) is 3.39. The van der Waals surface area contributed by atoms with Crippen LogP contribution in [0.15, 0.2) is 18.2 Å². The predicted molar refractivity (Wildman–Crippen MR) is 110 cm³/mol. The first-order chi connectivity index (χ1) is 13.0. The zero-order chi connectivity index (χ0) is 19.3. The van der Waals surface area contributed by atoms with E-state index in [1.807, 2.05) is 26.0 Å². The zero-order valence-electron chi connectivity index (χ0n) is 17.1. The Balaban J connectivity index is 1.59. The van der Waals surface area contributed by atoms with Crippen LogP contribution in [-0.2, 0) is 9.53 Å². The van der Waals surface area contributed by atoms with Gasteiger partial charge < -0.3 is 15.4 Å². The highest BCUT2D eigenvalue weighted by atomic mass is 16.5. The van der Waals surface area contributed by atoms with Crippen LogP contribution in [0.3, 0.4) is 0 Å². The summed E-state index contributed by atoms with van der Waals surface area (Å²) < 4.78 is 5.56. The van der Waals surface area contributed by atoms with Crippen molar-refractivity contribution in [1.29, 1.82) is 0 Å². The fourth-order valence-electron chi connectivity index (χ4n) is 4.48. The summed E-state index contributed by atoms with van der Waals surface area (Å²) in [5.74, 6) is 0.0369. The van der Waals surface area contributed by atoms with Crippen molar-refractivity contribution >= 4 is 11.6 Å². The number of hydrogen-bond donors (Lipinski definition) is 2. The predicted octanol–water partition coefficient (Wildman–Crippen LogP) is 3.26. The molecule has 1 aliphatic carbocycles. The Morgan fingerprint density at radius 3 is 2.56 bits per heavy atom. The SMILES string of the molecule is Cc1ccc(NC(=O)[C@@H](C)NCC2(N3CCOCC3)CCCCC2)c(C)c1. The van der Waals surface area contributed by atoms with Crippen molar-refractivity contribution < 1.29 is 9.53 Å². The molecule has 0 spiro atoms. The molecule has 1 amide bonds. The number of carbonyl (C=O) groups is 1. The number of rotatable bonds is 6. The molecule has 150 valence electrons. The average molecular weight is 374 g/mol. The van der Waals surface area contributed by atoms with Crippen LogP contribution in [0.2, 0.25) is 0 Å². The second-order valence-corrected chi connectivity index (χ2v) is 8.29. The molecule has 1 atom stereocenters. The Labute approximate surface area is 163 Å². The van der Waals surface area contributed by atoms with E-state index in [2.05, 4.69) is 28.5 Å². The van der Waals surface area contributed by atoms with Crippen LogP contribution in [0.1, 0.15) is 50.2 Å². The number of hydrogen-bond acceptors (Lipinski definition) is 4. The van der Waals surface area contributed by atoms with Crippen molar-refractivity contribution in [3.05, 3.63) is 29.3 Å². The average Bonchev–Trinajstić information content (AvgIpc) is 2.69. The van der Waals surface area contributed by atoms with Crippen LogP contribution in [0.4, 0.5) is 5.69 Å². The second kappa shape index (κ2) is 9.18. The molecule has 2 N–H and O–H groups in total. The number of benzene rings is 1. The van der Waals surface area contributed by atoms with E-state index in [1.165, 1.54) is 37.7 Å². The van der Waals surface area contributed by atoms with Crippen molar-refractivity contribution in [3.8, 4) is 0 Å². The highest BCUT2D eigenvalue weighted by molar-refractivity contribution is 5.95. The van der Waals surface area contributed by atoms with E-state index in [1.54, 1.807) is 0 Å². The van der Waals surface area contributed by atoms with Gasteiger partial charge in [-0.3, -0.25) is 9.69 Å². The third-order valence-corrected chi connectivity index (χ3v) is 6.24. The van der Waals surface area contributed by atoms with Gasteiger partial charge in [0.25, 0.3) is 0 Å². The van der Waals surface area contributed by atoms with Crippen molar-refractivity contribution in [2.45, 2.75) is 64.5 Å². The summed E-state index contributed by atoms with van der Waals surface area (Å²) in [6.45, 7) is 10.6. The van der Waals surface area contributed by atoms with Gasteiger partial charge in [-0.2, -0.15) is 0 Å². The third kappa shape index (κ3) is 5.09.